The first-order valence-corrected chi connectivity index (χ1v) is 11.2. The Balaban J connectivity index is 1.47. The lowest BCUT2D eigenvalue weighted by molar-refractivity contribution is 0.252. The number of carbonyl (C=O) groups is 1. The van der Waals surface area contributed by atoms with Gasteiger partial charge in [-0.25, -0.2) is 14.8 Å². The highest BCUT2D eigenvalue weighted by Crippen LogP contribution is 2.30. The first-order chi connectivity index (χ1) is 15.1. The molecule has 3 heterocycles. The Labute approximate surface area is 185 Å². The molecule has 2 aromatic heterocycles. The van der Waals surface area contributed by atoms with Crippen LogP contribution in [0.1, 0.15) is 25.5 Å². The average Bonchev–Trinajstić information content (AvgIpc) is 3.11. The molecular formula is C21H26N8OS. The topological polar surface area (TPSA) is 111 Å². The molecule has 31 heavy (non-hydrogen) atoms. The number of aromatic nitrogens is 4. The number of urea groups is 1. The van der Waals surface area contributed by atoms with Crippen LogP contribution in [0, 0.1) is 6.92 Å². The van der Waals surface area contributed by atoms with Crippen LogP contribution in [0.2, 0.25) is 0 Å². The van der Waals surface area contributed by atoms with Gasteiger partial charge in [0, 0.05) is 48.0 Å². The lowest BCUT2D eigenvalue weighted by atomic mass is 10.2. The number of hydrogen-bond acceptors (Lipinski definition) is 7. The molecule has 0 spiro atoms. The van der Waals surface area contributed by atoms with Crippen LogP contribution in [-0.4, -0.2) is 45.8 Å². The van der Waals surface area contributed by atoms with Crippen molar-refractivity contribution in [3.05, 3.63) is 42.1 Å². The summed E-state index contributed by atoms with van der Waals surface area (Å²) in [5, 5.41) is 16.7. The van der Waals surface area contributed by atoms with Gasteiger partial charge in [0.2, 0.25) is 0 Å². The molecule has 1 fully saturated rings. The molecule has 1 aliphatic rings. The number of nitrogens with zero attached hydrogens (tertiary/aromatic N) is 4. The molecule has 0 atom stereocenters. The second-order valence-electron chi connectivity index (χ2n) is 7.30. The number of rotatable bonds is 8. The molecule has 10 heteroatoms. The Bertz CT molecular complexity index is 1030. The van der Waals surface area contributed by atoms with Gasteiger partial charge in [-0.2, -0.15) is 5.10 Å². The minimum absolute atomic E-state index is 0.197. The average molecular weight is 439 g/mol. The highest BCUT2D eigenvalue weighted by Gasteiger charge is 2.18. The van der Waals surface area contributed by atoms with Crippen LogP contribution in [0.25, 0.3) is 0 Å². The summed E-state index contributed by atoms with van der Waals surface area (Å²) in [7, 11) is 0. The van der Waals surface area contributed by atoms with E-state index in [4.69, 9.17) is 4.98 Å². The third-order valence-electron chi connectivity index (χ3n) is 4.69. The van der Waals surface area contributed by atoms with Crippen molar-refractivity contribution in [2.45, 2.75) is 36.7 Å². The highest BCUT2D eigenvalue weighted by atomic mass is 32.2. The largest absolute Gasteiger partial charge is 0.356 e. The summed E-state index contributed by atoms with van der Waals surface area (Å²) in [5.41, 5.74) is 1.72. The molecule has 1 saturated heterocycles. The molecule has 0 saturated carbocycles. The second kappa shape index (κ2) is 9.69. The number of H-pyrrole nitrogens is 1. The normalized spacial score (nSPS) is 12.9. The van der Waals surface area contributed by atoms with Crippen LogP contribution in [0.15, 0.2) is 46.5 Å². The molecule has 162 valence electrons. The number of aromatic amines is 1. The van der Waals surface area contributed by atoms with Gasteiger partial charge in [0.05, 0.1) is 0 Å². The lowest BCUT2D eigenvalue weighted by Crippen LogP contribution is -2.37. The monoisotopic (exact) mass is 438 g/mol. The van der Waals surface area contributed by atoms with Gasteiger partial charge in [0.15, 0.2) is 11.0 Å². The summed E-state index contributed by atoms with van der Waals surface area (Å²) < 4.78 is 0. The zero-order valence-corrected chi connectivity index (χ0v) is 18.4. The van der Waals surface area contributed by atoms with Gasteiger partial charge >= 0.3 is 6.03 Å². The first kappa shape index (κ1) is 21.0. The molecule has 2 amide bonds. The lowest BCUT2D eigenvalue weighted by Gasteiger charge is -2.32. The summed E-state index contributed by atoms with van der Waals surface area (Å²) >= 11 is 1.48. The van der Waals surface area contributed by atoms with Crippen molar-refractivity contribution < 1.29 is 4.79 Å². The zero-order valence-electron chi connectivity index (χ0n) is 17.6. The van der Waals surface area contributed by atoms with Crippen LogP contribution >= 0.6 is 11.8 Å². The maximum atomic E-state index is 11.8. The van der Waals surface area contributed by atoms with Gasteiger partial charge in [-0.1, -0.05) is 6.92 Å². The third-order valence-corrected chi connectivity index (χ3v) is 5.56. The van der Waals surface area contributed by atoms with E-state index in [9.17, 15) is 4.79 Å². The summed E-state index contributed by atoms with van der Waals surface area (Å²) in [6.45, 7) is 6.63. The van der Waals surface area contributed by atoms with Gasteiger partial charge in [0.25, 0.3) is 0 Å². The third kappa shape index (κ3) is 5.66. The van der Waals surface area contributed by atoms with Crippen molar-refractivity contribution in [1.82, 2.24) is 25.5 Å². The van der Waals surface area contributed by atoms with E-state index in [1.807, 2.05) is 50.2 Å². The van der Waals surface area contributed by atoms with Crippen LogP contribution in [0.3, 0.4) is 0 Å². The SMILES string of the molecule is CCCNC(=O)Nc1ccc(Sc2nc(Nc3cc(C)[nH]n3)cc(N3CCC3)n2)cc1. The van der Waals surface area contributed by atoms with Gasteiger partial charge < -0.3 is 20.9 Å². The van der Waals surface area contributed by atoms with Crippen molar-refractivity contribution in [1.29, 1.82) is 0 Å². The smallest absolute Gasteiger partial charge is 0.319 e. The predicted octanol–water partition coefficient (Wildman–Crippen LogP) is 4.14. The minimum Gasteiger partial charge on any atom is -0.356 e. The fourth-order valence-corrected chi connectivity index (χ4v) is 3.73. The molecule has 0 bridgehead atoms. The molecular weight excluding hydrogens is 412 g/mol. The fourth-order valence-electron chi connectivity index (χ4n) is 2.97. The molecule has 0 unspecified atom stereocenters. The fraction of sp³-hybridized carbons (Fsp3) is 0.333. The highest BCUT2D eigenvalue weighted by molar-refractivity contribution is 7.99. The number of carbonyl (C=O) groups excluding carboxylic acids is 1. The standard InChI is InChI=1S/C21H26N8OS/c1-3-9-22-20(30)23-15-5-7-16(8-6-15)31-21-25-17(24-18-12-14(2)27-28-18)13-19(26-21)29-10-4-11-29/h5-8,12-13H,3-4,9-11H2,1-2H3,(H2,22,23,30)(H2,24,25,26,27,28). The van der Waals surface area contributed by atoms with Gasteiger partial charge in [-0.05, 0) is 55.8 Å². The van der Waals surface area contributed by atoms with Crippen LogP contribution in [0.4, 0.5) is 27.9 Å². The first-order valence-electron chi connectivity index (χ1n) is 10.3. The zero-order chi connectivity index (χ0) is 21.6. The Morgan fingerprint density at radius 2 is 1.97 bits per heavy atom. The van der Waals surface area contributed by atoms with Crippen LogP contribution in [-0.2, 0) is 0 Å². The summed E-state index contributed by atoms with van der Waals surface area (Å²) in [5.74, 6) is 2.33. The van der Waals surface area contributed by atoms with Gasteiger partial charge in [-0.15, -0.1) is 0 Å². The second-order valence-corrected chi connectivity index (χ2v) is 8.34. The summed E-state index contributed by atoms with van der Waals surface area (Å²) in [4.78, 5) is 24.4. The number of benzene rings is 1. The number of aryl methyl sites for hydroxylation is 1. The van der Waals surface area contributed by atoms with Crippen molar-refractivity contribution in [3.63, 3.8) is 0 Å². The number of nitrogens with one attached hydrogen (secondary N) is 4. The van der Waals surface area contributed by atoms with E-state index in [0.29, 0.717) is 17.5 Å². The van der Waals surface area contributed by atoms with E-state index in [1.54, 1.807) is 0 Å². The van der Waals surface area contributed by atoms with Crippen molar-refractivity contribution in [3.8, 4) is 0 Å². The van der Waals surface area contributed by atoms with E-state index in [1.165, 1.54) is 18.2 Å². The van der Waals surface area contributed by atoms with Gasteiger partial charge in [0.1, 0.15) is 11.6 Å². The van der Waals surface area contributed by atoms with E-state index in [2.05, 4.69) is 36.0 Å². The summed E-state index contributed by atoms with van der Waals surface area (Å²) in [6, 6.07) is 11.3. The minimum atomic E-state index is -0.197. The number of hydrogen-bond donors (Lipinski definition) is 4. The molecule has 0 aliphatic carbocycles. The van der Waals surface area contributed by atoms with E-state index >= 15 is 0 Å². The van der Waals surface area contributed by atoms with E-state index < -0.39 is 0 Å². The maximum Gasteiger partial charge on any atom is 0.319 e. The Hall–Kier alpha value is -3.27. The maximum absolute atomic E-state index is 11.8. The van der Waals surface area contributed by atoms with E-state index in [0.717, 1.165) is 47.4 Å². The van der Waals surface area contributed by atoms with Crippen LogP contribution in [0.5, 0.6) is 0 Å². The van der Waals surface area contributed by atoms with Gasteiger partial charge in [-0.3, -0.25) is 5.10 Å². The molecule has 1 aliphatic heterocycles. The quantitative estimate of drug-likeness (QED) is 0.391. The molecule has 1 aromatic carbocycles. The van der Waals surface area contributed by atoms with E-state index in [-0.39, 0.29) is 6.03 Å². The predicted molar refractivity (Wildman–Crippen MR) is 123 cm³/mol. The Morgan fingerprint density at radius 3 is 2.61 bits per heavy atom. The molecule has 0 radical (unpaired) electrons. The Kier molecular flexibility index (Phi) is 6.56. The molecule has 4 rings (SSSR count). The van der Waals surface area contributed by atoms with Crippen molar-refractivity contribution >= 4 is 40.9 Å². The number of amides is 2. The number of anilines is 4. The summed E-state index contributed by atoms with van der Waals surface area (Å²) in [6.07, 6.45) is 2.07. The van der Waals surface area contributed by atoms with Crippen molar-refractivity contribution in [2.24, 2.45) is 0 Å². The van der Waals surface area contributed by atoms with Crippen LogP contribution < -0.4 is 20.9 Å². The Morgan fingerprint density at radius 1 is 1.16 bits per heavy atom. The molecule has 9 nitrogen and oxygen atoms in total. The molecule has 3 aromatic rings. The van der Waals surface area contributed by atoms with Crippen molar-refractivity contribution in [2.75, 3.05) is 35.2 Å². The molecule has 4 N–H and O–H groups in total.